The molecule has 0 aliphatic rings. The summed E-state index contributed by atoms with van der Waals surface area (Å²) < 4.78 is 75.8. The molecule has 0 spiro atoms. The summed E-state index contributed by atoms with van der Waals surface area (Å²) in [6, 6.07) is 23.6. The molecule has 0 unspecified atom stereocenters. The summed E-state index contributed by atoms with van der Waals surface area (Å²) in [6.45, 7) is 2.58. The number of alkyl halides is 3. The van der Waals surface area contributed by atoms with Gasteiger partial charge in [-0.2, -0.15) is 13.2 Å². The minimum Gasteiger partial charge on any atom is -0.497 e. The van der Waals surface area contributed by atoms with Crippen molar-refractivity contribution in [1.82, 2.24) is 10.2 Å². The molecule has 0 aliphatic carbocycles. The van der Waals surface area contributed by atoms with Crippen molar-refractivity contribution in [3.63, 3.8) is 0 Å². The number of hydrogen-bond donors (Lipinski definition) is 1. The van der Waals surface area contributed by atoms with Crippen LogP contribution in [0.3, 0.4) is 0 Å². The van der Waals surface area contributed by atoms with Crippen molar-refractivity contribution >= 4 is 39.1 Å². The Balaban J connectivity index is 1.88. The Morgan fingerprint density at radius 3 is 2.14 bits per heavy atom. The van der Waals surface area contributed by atoms with Crippen LogP contribution in [0.1, 0.15) is 37.0 Å². The normalized spacial score (nSPS) is 12.9. The predicted octanol–water partition coefficient (Wildman–Crippen LogP) is 7.12. The second-order valence-corrected chi connectivity index (χ2v) is 13.7. The third-order valence-corrected chi connectivity index (χ3v) is 10.0. The number of amides is 2. The van der Waals surface area contributed by atoms with Crippen molar-refractivity contribution < 1.29 is 35.9 Å². The van der Waals surface area contributed by atoms with Crippen LogP contribution < -0.4 is 14.4 Å². The van der Waals surface area contributed by atoms with E-state index in [4.69, 9.17) is 16.3 Å². The number of rotatable bonds is 14. The standard InChI is InChI=1S/C36H37ClF3N3O5S/c1-4-25(2)41-35(45)33(21-26-12-7-5-8-13-26)42(23-27-14-11-15-29(20-27)48-3)34(44)24-43(49(46,47)30-16-9-6-10-17-30)32-22-28(36(38,39)40)18-19-31(32)37/h5-20,22,25,33H,4,21,23-24H2,1-3H3,(H,41,45)/t25-,33+/m0/s1. The zero-order valence-corrected chi connectivity index (χ0v) is 28.7. The van der Waals surface area contributed by atoms with Crippen molar-refractivity contribution in [2.24, 2.45) is 0 Å². The first-order valence-electron chi connectivity index (χ1n) is 15.5. The Morgan fingerprint density at radius 2 is 1.53 bits per heavy atom. The maximum atomic E-state index is 14.6. The molecule has 0 aromatic heterocycles. The highest BCUT2D eigenvalue weighted by atomic mass is 35.5. The molecule has 49 heavy (non-hydrogen) atoms. The molecule has 1 N–H and O–H groups in total. The number of carbonyl (C=O) groups excluding carboxylic acids is 2. The van der Waals surface area contributed by atoms with Gasteiger partial charge in [0.15, 0.2) is 0 Å². The zero-order valence-electron chi connectivity index (χ0n) is 27.2. The minimum absolute atomic E-state index is 0.0641. The summed E-state index contributed by atoms with van der Waals surface area (Å²) in [7, 11) is -3.19. The fourth-order valence-electron chi connectivity index (χ4n) is 5.08. The number of nitrogens with one attached hydrogen (secondary N) is 1. The summed E-state index contributed by atoms with van der Waals surface area (Å²) in [5.41, 5.74) is -0.406. The molecular weight excluding hydrogens is 679 g/mol. The van der Waals surface area contributed by atoms with Gasteiger partial charge in [0.05, 0.1) is 28.3 Å². The van der Waals surface area contributed by atoms with Crippen LogP contribution in [0.2, 0.25) is 5.02 Å². The average molecular weight is 716 g/mol. The lowest BCUT2D eigenvalue weighted by Crippen LogP contribution is -2.54. The second-order valence-electron chi connectivity index (χ2n) is 11.4. The smallest absolute Gasteiger partial charge is 0.416 e. The molecule has 0 radical (unpaired) electrons. The number of nitrogens with zero attached hydrogens (tertiary/aromatic N) is 2. The summed E-state index contributed by atoms with van der Waals surface area (Å²) in [4.78, 5) is 29.5. The SMILES string of the molecule is CC[C@H](C)NC(=O)[C@@H](Cc1ccccc1)N(Cc1cccc(OC)c1)C(=O)CN(c1cc(C(F)(F)F)ccc1Cl)S(=O)(=O)c1ccccc1. The topological polar surface area (TPSA) is 96.0 Å². The van der Waals surface area contributed by atoms with E-state index in [0.29, 0.717) is 28.1 Å². The number of hydrogen-bond acceptors (Lipinski definition) is 5. The van der Waals surface area contributed by atoms with Crippen molar-refractivity contribution in [2.45, 2.75) is 56.4 Å². The number of ether oxygens (including phenoxy) is 1. The van der Waals surface area contributed by atoms with Gasteiger partial charge in [-0.25, -0.2) is 8.42 Å². The lowest BCUT2D eigenvalue weighted by atomic mass is 10.0. The minimum atomic E-state index is -4.83. The quantitative estimate of drug-likeness (QED) is 0.150. The Labute approximate surface area is 289 Å². The summed E-state index contributed by atoms with van der Waals surface area (Å²) in [6.07, 6.45) is -4.17. The molecule has 2 amide bonds. The molecule has 0 aliphatic heterocycles. The zero-order chi connectivity index (χ0) is 35.8. The van der Waals surface area contributed by atoms with Gasteiger partial charge in [0, 0.05) is 19.0 Å². The highest BCUT2D eigenvalue weighted by molar-refractivity contribution is 7.92. The maximum absolute atomic E-state index is 14.6. The molecule has 0 fully saturated rings. The highest BCUT2D eigenvalue weighted by Crippen LogP contribution is 2.37. The van der Waals surface area contributed by atoms with Gasteiger partial charge < -0.3 is 15.0 Å². The second kappa shape index (κ2) is 16.2. The van der Waals surface area contributed by atoms with Gasteiger partial charge in [-0.15, -0.1) is 0 Å². The molecule has 0 heterocycles. The van der Waals surface area contributed by atoms with E-state index in [1.54, 1.807) is 54.6 Å². The van der Waals surface area contributed by atoms with Crippen molar-refractivity contribution in [1.29, 1.82) is 0 Å². The van der Waals surface area contributed by atoms with Crippen LogP contribution in [-0.4, -0.2) is 50.9 Å². The molecule has 2 atom stereocenters. The molecule has 0 bridgehead atoms. The van der Waals surface area contributed by atoms with Crippen LogP contribution >= 0.6 is 11.6 Å². The summed E-state index contributed by atoms with van der Waals surface area (Å²) in [5, 5.41) is 2.61. The van der Waals surface area contributed by atoms with Crippen LogP contribution in [-0.2, 0) is 38.8 Å². The van der Waals surface area contributed by atoms with Gasteiger partial charge in [-0.05, 0) is 66.9 Å². The van der Waals surface area contributed by atoms with Gasteiger partial charge in [0.2, 0.25) is 11.8 Å². The lowest BCUT2D eigenvalue weighted by molar-refractivity contribution is -0.140. The van der Waals surface area contributed by atoms with Crippen molar-refractivity contribution in [3.05, 3.63) is 125 Å². The lowest BCUT2D eigenvalue weighted by Gasteiger charge is -2.34. The first kappa shape index (κ1) is 37.3. The molecule has 0 saturated heterocycles. The van der Waals surface area contributed by atoms with E-state index in [0.717, 1.165) is 17.7 Å². The molecule has 0 saturated carbocycles. The molecule has 4 aromatic carbocycles. The van der Waals surface area contributed by atoms with Crippen LogP contribution in [0, 0.1) is 0 Å². The molecule has 13 heteroatoms. The fourth-order valence-corrected chi connectivity index (χ4v) is 6.79. The Hall–Kier alpha value is -4.55. The first-order chi connectivity index (χ1) is 23.2. The number of methoxy groups -OCH3 is 1. The molecule has 4 rings (SSSR count). The number of sulfonamides is 1. The van der Waals surface area contributed by atoms with Gasteiger partial charge in [-0.3, -0.25) is 13.9 Å². The van der Waals surface area contributed by atoms with Gasteiger partial charge in [0.1, 0.15) is 18.3 Å². The van der Waals surface area contributed by atoms with E-state index in [9.17, 15) is 31.2 Å². The summed E-state index contributed by atoms with van der Waals surface area (Å²) >= 11 is 6.38. The molecule has 8 nitrogen and oxygen atoms in total. The Kier molecular flexibility index (Phi) is 12.3. The van der Waals surface area contributed by atoms with Crippen LogP contribution in [0.15, 0.2) is 108 Å². The molecule has 260 valence electrons. The van der Waals surface area contributed by atoms with Crippen molar-refractivity contribution in [3.8, 4) is 5.75 Å². The van der Waals surface area contributed by atoms with E-state index < -0.39 is 51.9 Å². The van der Waals surface area contributed by atoms with E-state index in [-0.39, 0.29) is 28.9 Å². The molecular formula is C36H37ClF3N3O5S. The predicted molar refractivity (Wildman–Crippen MR) is 183 cm³/mol. The maximum Gasteiger partial charge on any atom is 0.416 e. The number of carbonyl (C=O) groups is 2. The number of halogens is 4. The van der Waals surface area contributed by atoms with Crippen LogP contribution in [0.25, 0.3) is 0 Å². The molecule has 4 aromatic rings. The average Bonchev–Trinajstić information content (AvgIpc) is 3.09. The van der Waals surface area contributed by atoms with E-state index >= 15 is 0 Å². The third-order valence-electron chi connectivity index (χ3n) is 7.91. The third kappa shape index (κ3) is 9.54. The monoisotopic (exact) mass is 715 g/mol. The largest absolute Gasteiger partial charge is 0.497 e. The number of anilines is 1. The first-order valence-corrected chi connectivity index (χ1v) is 17.3. The fraction of sp³-hybridized carbons (Fsp3) is 0.278. The summed E-state index contributed by atoms with van der Waals surface area (Å²) in [5.74, 6) is -0.849. The van der Waals surface area contributed by atoms with Crippen LogP contribution in [0.4, 0.5) is 18.9 Å². The Bertz CT molecular complexity index is 1840. The van der Waals surface area contributed by atoms with Gasteiger partial charge in [-0.1, -0.05) is 79.2 Å². The van der Waals surface area contributed by atoms with Gasteiger partial charge in [0.25, 0.3) is 10.0 Å². The van der Waals surface area contributed by atoms with Crippen molar-refractivity contribution in [2.75, 3.05) is 18.0 Å². The Morgan fingerprint density at radius 1 is 0.898 bits per heavy atom. The van der Waals surface area contributed by atoms with Crippen LogP contribution in [0.5, 0.6) is 5.75 Å². The van der Waals surface area contributed by atoms with Gasteiger partial charge >= 0.3 is 6.18 Å². The van der Waals surface area contributed by atoms with E-state index in [1.165, 1.54) is 36.3 Å². The van der Waals surface area contributed by atoms with E-state index in [1.807, 2.05) is 19.9 Å². The number of benzene rings is 4. The van der Waals surface area contributed by atoms with E-state index in [2.05, 4.69) is 5.32 Å². The highest BCUT2D eigenvalue weighted by Gasteiger charge is 2.37.